The topological polar surface area (TPSA) is 0 Å². The second-order valence-corrected chi connectivity index (χ2v) is 5.98. The maximum atomic E-state index is 2.42. The van der Waals surface area contributed by atoms with E-state index in [1.165, 1.54) is 0 Å². The molecule has 4 unspecified atom stereocenters. The minimum atomic E-state index is 0. The van der Waals surface area contributed by atoms with E-state index in [0.717, 1.165) is 17.8 Å². The number of allylic oxidation sites excluding steroid dienone is 4. The van der Waals surface area contributed by atoms with Gasteiger partial charge in [0.15, 0.2) is 0 Å². The van der Waals surface area contributed by atoms with Crippen molar-refractivity contribution in [2.24, 2.45) is 23.7 Å². The summed E-state index contributed by atoms with van der Waals surface area (Å²) in [6.07, 6.45) is 0. The SMILES string of the molecule is CC1=C(C)C(C)C2=C1[C-](C)C(C)C(C)C2C.[CH3-].[CH3-].[CH3-].[Ti+4]. The molecule has 0 nitrogen and oxygen atoms in total. The molecule has 0 aliphatic heterocycles. The largest absolute Gasteiger partial charge is 4.00 e. The van der Waals surface area contributed by atoms with E-state index in [-0.39, 0.29) is 44.0 Å². The summed E-state index contributed by atoms with van der Waals surface area (Å²) in [6.45, 7) is 16.6. The maximum absolute atomic E-state index is 2.42. The van der Waals surface area contributed by atoms with E-state index in [9.17, 15) is 0 Å². The Balaban J connectivity index is -0.000000722. The second-order valence-electron chi connectivity index (χ2n) is 5.98. The number of rotatable bonds is 0. The average Bonchev–Trinajstić information content (AvgIpc) is 2.48. The Morgan fingerprint density at radius 1 is 0.900 bits per heavy atom. The zero-order valence-corrected chi connectivity index (χ0v) is 16.9. The van der Waals surface area contributed by atoms with Crippen molar-refractivity contribution in [2.45, 2.75) is 48.5 Å². The molecule has 0 spiro atoms. The molecule has 0 aromatic carbocycles. The first-order valence-corrected chi connectivity index (χ1v) is 6.63. The van der Waals surface area contributed by atoms with E-state index in [0.29, 0.717) is 5.92 Å². The molecule has 114 valence electrons. The third-order valence-electron chi connectivity index (χ3n) is 5.52. The first-order chi connectivity index (χ1) is 7.37. The van der Waals surface area contributed by atoms with Crippen LogP contribution >= 0.6 is 0 Å². The van der Waals surface area contributed by atoms with Gasteiger partial charge in [-0.25, -0.2) is 0 Å². The monoisotopic (exact) mass is 310 g/mol. The molecule has 2 rings (SSSR count). The fourth-order valence-electron chi connectivity index (χ4n) is 3.67. The van der Waals surface area contributed by atoms with Gasteiger partial charge < -0.3 is 22.3 Å². The van der Waals surface area contributed by atoms with Crippen LogP contribution in [0.2, 0.25) is 0 Å². The van der Waals surface area contributed by atoms with Crippen molar-refractivity contribution >= 4 is 0 Å². The zero-order chi connectivity index (χ0) is 12.2. The van der Waals surface area contributed by atoms with Crippen molar-refractivity contribution in [3.05, 3.63) is 50.5 Å². The van der Waals surface area contributed by atoms with Crippen LogP contribution in [0, 0.1) is 51.9 Å². The molecule has 2 aliphatic carbocycles. The molecule has 0 fully saturated rings. The summed E-state index contributed by atoms with van der Waals surface area (Å²) >= 11 is 0. The predicted octanol–water partition coefficient (Wildman–Crippen LogP) is 6.13. The summed E-state index contributed by atoms with van der Waals surface area (Å²) < 4.78 is 0. The maximum Gasteiger partial charge on any atom is 4.00 e. The molecule has 4 atom stereocenters. The summed E-state index contributed by atoms with van der Waals surface area (Å²) in [4.78, 5) is 0. The molecule has 0 bridgehead atoms. The van der Waals surface area contributed by atoms with Gasteiger partial charge in [0.25, 0.3) is 0 Å². The Morgan fingerprint density at radius 2 is 1.35 bits per heavy atom. The van der Waals surface area contributed by atoms with Gasteiger partial charge in [0.1, 0.15) is 0 Å². The Hall–Kier alpha value is 0.0643. The average molecular weight is 310 g/mol. The van der Waals surface area contributed by atoms with Crippen LogP contribution in [-0.4, -0.2) is 0 Å². The summed E-state index contributed by atoms with van der Waals surface area (Å²) in [5.41, 5.74) is 6.50. The van der Waals surface area contributed by atoms with Crippen LogP contribution in [0.4, 0.5) is 0 Å². The summed E-state index contributed by atoms with van der Waals surface area (Å²) in [5.74, 6) is 4.58. The Morgan fingerprint density at radius 3 is 1.80 bits per heavy atom. The molecule has 20 heavy (non-hydrogen) atoms. The van der Waals surface area contributed by atoms with Gasteiger partial charge in [0, 0.05) is 0 Å². The van der Waals surface area contributed by atoms with Crippen LogP contribution in [0.3, 0.4) is 0 Å². The minimum Gasteiger partial charge on any atom is -0.358 e. The summed E-state index contributed by atoms with van der Waals surface area (Å²) in [6, 6.07) is 0. The van der Waals surface area contributed by atoms with Crippen LogP contribution in [-0.2, 0) is 21.7 Å². The van der Waals surface area contributed by atoms with Crippen molar-refractivity contribution in [1.82, 2.24) is 0 Å². The smallest absolute Gasteiger partial charge is 0.358 e. The van der Waals surface area contributed by atoms with Crippen LogP contribution in [0.5, 0.6) is 0 Å². The predicted molar refractivity (Wildman–Crippen MR) is 90.2 cm³/mol. The third-order valence-corrected chi connectivity index (χ3v) is 5.52. The van der Waals surface area contributed by atoms with Crippen molar-refractivity contribution in [1.29, 1.82) is 0 Å². The van der Waals surface area contributed by atoms with Crippen molar-refractivity contribution in [2.75, 3.05) is 0 Å². The van der Waals surface area contributed by atoms with Gasteiger partial charge in [0.2, 0.25) is 0 Å². The van der Waals surface area contributed by atoms with Gasteiger partial charge >= 0.3 is 21.7 Å². The van der Waals surface area contributed by atoms with Gasteiger partial charge in [-0.1, -0.05) is 72.1 Å². The number of hydrogen-bond acceptors (Lipinski definition) is 0. The van der Waals surface area contributed by atoms with Crippen molar-refractivity contribution in [3.63, 3.8) is 0 Å². The summed E-state index contributed by atoms with van der Waals surface area (Å²) in [7, 11) is 0. The van der Waals surface area contributed by atoms with Crippen LogP contribution in [0.1, 0.15) is 48.5 Å². The molecule has 0 N–H and O–H groups in total. The molecule has 0 radical (unpaired) electrons. The molecule has 0 saturated carbocycles. The summed E-state index contributed by atoms with van der Waals surface area (Å²) in [5, 5.41) is 0. The Kier molecular flexibility index (Phi) is 10.6. The van der Waals surface area contributed by atoms with Crippen molar-refractivity contribution < 1.29 is 21.7 Å². The van der Waals surface area contributed by atoms with Gasteiger partial charge in [-0.15, -0.1) is 5.57 Å². The van der Waals surface area contributed by atoms with Gasteiger partial charge in [-0.2, -0.15) is 22.6 Å². The van der Waals surface area contributed by atoms with E-state index in [1.807, 2.05) is 0 Å². The van der Waals surface area contributed by atoms with E-state index in [2.05, 4.69) is 48.5 Å². The molecule has 1 heteroatoms. The first-order valence-electron chi connectivity index (χ1n) is 6.63. The minimum absolute atomic E-state index is 0. The van der Waals surface area contributed by atoms with Crippen molar-refractivity contribution in [3.8, 4) is 0 Å². The molecule has 0 aromatic heterocycles. The second kappa shape index (κ2) is 8.49. The molecule has 0 amide bonds. The van der Waals surface area contributed by atoms with Crippen LogP contribution in [0.15, 0.2) is 22.3 Å². The molecular weight excluding hydrogens is 276 g/mol. The molecule has 0 saturated heterocycles. The third kappa shape index (κ3) is 3.28. The Bertz CT molecular complexity index is 375. The standard InChI is InChI=1S/C16H25.3CH3.Ti/c1-8-9(2)12(5)16-14(7)10(3)13(6)15(16)11(8)4;;;;/h8-9,11,13H,1-7H3;3*1H3;/q4*-1;+4. The quantitative estimate of drug-likeness (QED) is 0.373. The van der Waals surface area contributed by atoms with E-state index in [4.69, 9.17) is 0 Å². The van der Waals surface area contributed by atoms with Crippen LogP contribution in [0.25, 0.3) is 0 Å². The van der Waals surface area contributed by atoms with E-state index >= 15 is 0 Å². The van der Waals surface area contributed by atoms with Gasteiger partial charge in [-0.3, -0.25) is 0 Å². The van der Waals surface area contributed by atoms with E-state index in [1.54, 1.807) is 28.2 Å². The fourth-order valence-corrected chi connectivity index (χ4v) is 3.67. The molecule has 0 heterocycles. The molecule has 0 aromatic rings. The normalized spacial score (nSPS) is 31.6. The molecular formula is C19H34Ti. The molecule has 2 aliphatic rings. The number of hydrogen-bond donors (Lipinski definition) is 0. The van der Waals surface area contributed by atoms with E-state index < -0.39 is 0 Å². The fraction of sp³-hybridized carbons (Fsp3) is 0.579. The van der Waals surface area contributed by atoms with Crippen LogP contribution < -0.4 is 0 Å². The van der Waals surface area contributed by atoms with Gasteiger partial charge in [0.05, 0.1) is 0 Å². The zero-order valence-electron chi connectivity index (χ0n) is 15.3. The Labute approximate surface area is 144 Å². The first kappa shape index (κ1) is 25.0. The van der Waals surface area contributed by atoms with Gasteiger partial charge in [-0.05, 0) is 0 Å².